The normalized spacial score (nSPS) is 19.4. The minimum absolute atomic E-state index is 0.00542. The Labute approximate surface area is 195 Å². The molecule has 1 unspecified atom stereocenters. The third-order valence-corrected chi connectivity index (χ3v) is 8.28. The summed E-state index contributed by atoms with van der Waals surface area (Å²) in [6.07, 6.45) is 2.71. The first-order chi connectivity index (χ1) is 15.3. The molecule has 1 aromatic heterocycles. The predicted octanol–water partition coefficient (Wildman–Crippen LogP) is 2.98. The van der Waals surface area contributed by atoms with Gasteiger partial charge in [-0.25, -0.2) is 17.4 Å². The van der Waals surface area contributed by atoms with Crippen molar-refractivity contribution in [3.63, 3.8) is 0 Å². The van der Waals surface area contributed by atoms with Gasteiger partial charge in [-0.3, -0.25) is 0 Å². The summed E-state index contributed by atoms with van der Waals surface area (Å²) in [7, 11) is -4.56. The summed E-state index contributed by atoms with van der Waals surface area (Å²) in [5, 5.41) is 11.5. The molecule has 0 bridgehead atoms. The molecule has 2 heterocycles. The highest BCUT2D eigenvalue weighted by Gasteiger charge is 2.52. The van der Waals surface area contributed by atoms with Gasteiger partial charge < -0.3 is 14.4 Å². The second-order valence-corrected chi connectivity index (χ2v) is 11.5. The van der Waals surface area contributed by atoms with Gasteiger partial charge in [0.05, 0.1) is 16.1 Å². The van der Waals surface area contributed by atoms with E-state index in [1.807, 2.05) is 40.7 Å². The van der Waals surface area contributed by atoms with Crippen LogP contribution in [0.3, 0.4) is 0 Å². The van der Waals surface area contributed by atoms with E-state index >= 15 is 0 Å². The van der Waals surface area contributed by atoms with Gasteiger partial charge in [-0.15, -0.1) is 0 Å². The minimum atomic E-state index is -3.95. The van der Waals surface area contributed by atoms with Crippen LogP contribution >= 0.6 is 0 Å². The minimum Gasteiger partial charge on any atom is -0.399 e. The Balaban J connectivity index is 1.72. The van der Waals surface area contributed by atoms with Crippen LogP contribution in [0, 0.1) is 6.92 Å². The largest absolute Gasteiger partial charge is 0.494 e. The molecule has 0 aliphatic carbocycles. The molecule has 174 valence electrons. The first-order valence-electron chi connectivity index (χ1n) is 10.8. The van der Waals surface area contributed by atoms with Crippen molar-refractivity contribution in [3.05, 3.63) is 77.9 Å². The van der Waals surface area contributed by atoms with Crippen LogP contribution in [0.15, 0.2) is 65.8 Å². The Kier molecular flexibility index (Phi) is 5.60. The number of hydrogen-bond acceptors (Lipinski definition) is 6. The Morgan fingerprint density at radius 3 is 2.24 bits per heavy atom. The van der Waals surface area contributed by atoms with E-state index in [-0.39, 0.29) is 10.7 Å². The lowest BCUT2D eigenvalue weighted by atomic mass is 9.77. The molecule has 2 aromatic carbocycles. The molecule has 7 nitrogen and oxygen atoms in total. The highest BCUT2D eigenvalue weighted by Crippen LogP contribution is 2.37. The molecule has 1 aliphatic rings. The van der Waals surface area contributed by atoms with Crippen LogP contribution in [0.4, 0.5) is 0 Å². The number of aryl methyl sites for hydroxylation is 1. The molecule has 1 atom stereocenters. The van der Waals surface area contributed by atoms with Gasteiger partial charge in [0.25, 0.3) is 10.0 Å². The van der Waals surface area contributed by atoms with Gasteiger partial charge in [0, 0.05) is 12.4 Å². The second kappa shape index (κ2) is 7.80. The lowest BCUT2D eigenvalue weighted by Gasteiger charge is -2.32. The van der Waals surface area contributed by atoms with Crippen molar-refractivity contribution in [2.24, 2.45) is 0 Å². The number of aromatic nitrogens is 2. The van der Waals surface area contributed by atoms with Gasteiger partial charge in [-0.05, 0) is 64.7 Å². The monoisotopic (exact) mass is 468 g/mol. The van der Waals surface area contributed by atoms with Crippen molar-refractivity contribution in [2.45, 2.75) is 63.2 Å². The van der Waals surface area contributed by atoms with E-state index in [0.717, 1.165) is 15.0 Å². The van der Waals surface area contributed by atoms with Crippen LogP contribution in [0.25, 0.3) is 0 Å². The molecule has 1 fully saturated rings. The maximum Gasteiger partial charge on any atom is 0.494 e. The summed E-state index contributed by atoms with van der Waals surface area (Å²) in [5.41, 5.74) is -0.553. The van der Waals surface area contributed by atoms with Crippen molar-refractivity contribution in [2.75, 3.05) is 0 Å². The number of rotatable bonds is 5. The van der Waals surface area contributed by atoms with E-state index in [1.165, 1.54) is 19.3 Å². The number of nitrogens with zero attached hydrogens (tertiary/aromatic N) is 2. The van der Waals surface area contributed by atoms with Crippen LogP contribution in [-0.2, 0) is 24.9 Å². The summed E-state index contributed by atoms with van der Waals surface area (Å²) in [6.45, 7) is 11.3. The smallest absolute Gasteiger partial charge is 0.399 e. The number of aliphatic hydroxyl groups is 1. The molecule has 0 saturated carbocycles. The van der Waals surface area contributed by atoms with Crippen molar-refractivity contribution in [1.82, 2.24) is 8.96 Å². The standard InChI is InChI=1S/C24H29BN2O5S/c1-17-10-12-20(13-11-17)33(29,30)27-15-14-26-21(27)24(6,28)18-8-7-9-19(16-18)25-31-22(2,3)23(4,5)32-25/h7-16,28H,1-6H3. The molecular formula is C24H29BN2O5S. The quantitative estimate of drug-likeness (QED) is 0.579. The van der Waals surface area contributed by atoms with Crippen LogP contribution in [0.5, 0.6) is 0 Å². The average Bonchev–Trinajstić information content (AvgIpc) is 3.32. The maximum atomic E-state index is 13.3. The molecule has 1 N–H and O–H groups in total. The van der Waals surface area contributed by atoms with E-state index in [1.54, 1.807) is 42.5 Å². The Bertz CT molecular complexity index is 1260. The zero-order chi connectivity index (χ0) is 24.2. The fourth-order valence-corrected chi connectivity index (χ4v) is 5.12. The molecule has 9 heteroatoms. The maximum absolute atomic E-state index is 13.3. The molecule has 3 aromatic rings. The first kappa shape index (κ1) is 23.7. The second-order valence-electron chi connectivity index (χ2n) is 9.65. The van der Waals surface area contributed by atoms with Gasteiger partial charge in [-0.1, -0.05) is 42.0 Å². The van der Waals surface area contributed by atoms with Crippen LogP contribution in [-0.4, -0.2) is 40.8 Å². The lowest BCUT2D eigenvalue weighted by Crippen LogP contribution is -2.41. The van der Waals surface area contributed by atoms with Gasteiger partial charge in [0.15, 0.2) is 5.82 Å². The van der Waals surface area contributed by atoms with Crippen molar-refractivity contribution >= 4 is 22.6 Å². The molecule has 1 saturated heterocycles. The summed E-state index contributed by atoms with van der Waals surface area (Å²) >= 11 is 0. The third-order valence-electron chi connectivity index (χ3n) is 6.59. The zero-order valence-corrected chi connectivity index (χ0v) is 20.6. The summed E-state index contributed by atoms with van der Waals surface area (Å²) in [4.78, 5) is 4.34. The number of hydrogen-bond donors (Lipinski definition) is 1. The topological polar surface area (TPSA) is 90.7 Å². The molecule has 33 heavy (non-hydrogen) atoms. The van der Waals surface area contributed by atoms with Gasteiger partial charge in [-0.2, -0.15) is 0 Å². The highest BCUT2D eigenvalue weighted by atomic mass is 32.2. The summed E-state index contributed by atoms with van der Waals surface area (Å²) in [5.74, 6) is -0.00542. The number of benzene rings is 2. The van der Waals surface area contributed by atoms with Crippen molar-refractivity contribution < 1.29 is 22.8 Å². The molecule has 0 spiro atoms. The Morgan fingerprint density at radius 2 is 1.64 bits per heavy atom. The van der Waals surface area contributed by atoms with E-state index in [9.17, 15) is 13.5 Å². The van der Waals surface area contributed by atoms with E-state index in [4.69, 9.17) is 9.31 Å². The summed E-state index contributed by atoms with van der Waals surface area (Å²) < 4.78 is 39.9. The fraction of sp³-hybridized carbons (Fsp3) is 0.375. The van der Waals surface area contributed by atoms with E-state index in [2.05, 4.69) is 4.98 Å². The van der Waals surface area contributed by atoms with E-state index in [0.29, 0.717) is 5.56 Å². The molecule has 4 rings (SSSR count). The van der Waals surface area contributed by atoms with Crippen LogP contribution in [0.1, 0.15) is 51.6 Å². The molecule has 1 aliphatic heterocycles. The van der Waals surface area contributed by atoms with Gasteiger partial charge in [0.2, 0.25) is 0 Å². The Hall–Kier alpha value is -2.46. The highest BCUT2D eigenvalue weighted by molar-refractivity contribution is 7.90. The van der Waals surface area contributed by atoms with E-state index < -0.39 is 33.9 Å². The van der Waals surface area contributed by atoms with Crippen LogP contribution in [0.2, 0.25) is 0 Å². The predicted molar refractivity (Wildman–Crippen MR) is 127 cm³/mol. The Morgan fingerprint density at radius 1 is 1.03 bits per heavy atom. The van der Waals surface area contributed by atoms with Crippen LogP contribution < -0.4 is 5.46 Å². The molecule has 0 radical (unpaired) electrons. The SMILES string of the molecule is Cc1ccc(S(=O)(=O)n2ccnc2C(C)(O)c2cccc(B3OC(C)(C)C(C)(C)O3)c2)cc1. The fourth-order valence-electron chi connectivity index (χ4n) is 3.75. The van der Waals surface area contributed by atoms with Gasteiger partial charge >= 0.3 is 7.12 Å². The number of imidazole rings is 1. The van der Waals surface area contributed by atoms with Gasteiger partial charge in [0.1, 0.15) is 5.60 Å². The summed E-state index contributed by atoms with van der Waals surface area (Å²) in [6, 6.07) is 13.7. The average molecular weight is 468 g/mol. The van der Waals surface area contributed by atoms with Crippen molar-refractivity contribution in [1.29, 1.82) is 0 Å². The zero-order valence-electron chi connectivity index (χ0n) is 19.7. The third kappa shape index (κ3) is 4.03. The molecule has 0 amide bonds. The molecular weight excluding hydrogens is 439 g/mol. The first-order valence-corrected chi connectivity index (χ1v) is 12.2. The lowest BCUT2D eigenvalue weighted by molar-refractivity contribution is 0.00578. The van der Waals surface area contributed by atoms with Crippen molar-refractivity contribution in [3.8, 4) is 0 Å².